The van der Waals surface area contributed by atoms with E-state index in [4.69, 9.17) is 11.6 Å². The van der Waals surface area contributed by atoms with Gasteiger partial charge in [-0.15, -0.1) is 0 Å². The molecular formula is C13H13ClN2. The molecule has 0 aliphatic carbocycles. The molecule has 0 saturated heterocycles. The summed E-state index contributed by atoms with van der Waals surface area (Å²) in [7, 11) is 2.02. The molecule has 0 amide bonds. The van der Waals surface area contributed by atoms with Crippen LogP contribution in [0.15, 0.2) is 42.7 Å². The summed E-state index contributed by atoms with van der Waals surface area (Å²) in [5, 5.41) is 0.750. The summed E-state index contributed by atoms with van der Waals surface area (Å²) in [6, 6.07) is 9.77. The van der Waals surface area contributed by atoms with Crippen LogP contribution in [0, 0.1) is 6.92 Å². The number of aryl methyl sites for hydroxylation is 1. The van der Waals surface area contributed by atoms with Crippen LogP contribution in [-0.4, -0.2) is 12.0 Å². The molecule has 0 aliphatic heterocycles. The van der Waals surface area contributed by atoms with E-state index >= 15 is 0 Å². The molecule has 82 valence electrons. The van der Waals surface area contributed by atoms with E-state index < -0.39 is 0 Å². The Hall–Kier alpha value is -1.54. The summed E-state index contributed by atoms with van der Waals surface area (Å²) < 4.78 is 0. The molecule has 0 N–H and O–H groups in total. The number of pyridine rings is 1. The van der Waals surface area contributed by atoms with E-state index in [-0.39, 0.29) is 0 Å². The molecule has 1 aromatic carbocycles. The first-order chi connectivity index (χ1) is 7.68. The van der Waals surface area contributed by atoms with Crippen LogP contribution in [0.25, 0.3) is 0 Å². The highest BCUT2D eigenvalue weighted by molar-refractivity contribution is 6.30. The average molecular weight is 233 g/mol. The number of benzene rings is 1. The normalized spacial score (nSPS) is 10.2. The van der Waals surface area contributed by atoms with Gasteiger partial charge in [-0.05, 0) is 42.8 Å². The van der Waals surface area contributed by atoms with Crippen molar-refractivity contribution in [1.82, 2.24) is 4.98 Å². The van der Waals surface area contributed by atoms with Crippen LogP contribution >= 0.6 is 11.6 Å². The second kappa shape index (κ2) is 4.54. The van der Waals surface area contributed by atoms with Crippen LogP contribution in [0.2, 0.25) is 5.02 Å². The van der Waals surface area contributed by atoms with Gasteiger partial charge >= 0.3 is 0 Å². The maximum absolute atomic E-state index is 5.86. The third-order valence-corrected chi connectivity index (χ3v) is 2.84. The van der Waals surface area contributed by atoms with Gasteiger partial charge in [0.1, 0.15) is 0 Å². The smallest absolute Gasteiger partial charge is 0.0624 e. The number of halogens is 1. The first-order valence-corrected chi connectivity index (χ1v) is 5.46. The van der Waals surface area contributed by atoms with Gasteiger partial charge in [0, 0.05) is 24.0 Å². The molecule has 2 nitrogen and oxygen atoms in total. The molecule has 2 rings (SSSR count). The molecule has 0 unspecified atom stereocenters. The summed E-state index contributed by atoms with van der Waals surface area (Å²) in [5.41, 5.74) is 3.40. The Morgan fingerprint density at radius 2 is 1.81 bits per heavy atom. The predicted octanol–water partition coefficient (Wildman–Crippen LogP) is 3.81. The van der Waals surface area contributed by atoms with Crippen molar-refractivity contribution in [3.8, 4) is 0 Å². The first-order valence-electron chi connectivity index (χ1n) is 5.08. The highest BCUT2D eigenvalue weighted by Gasteiger charge is 2.06. The van der Waals surface area contributed by atoms with Gasteiger partial charge in [-0.25, -0.2) is 0 Å². The van der Waals surface area contributed by atoms with Gasteiger partial charge in [0.25, 0.3) is 0 Å². The van der Waals surface area contributed by atoms with Gasteiger partial charge in [-0.1, -0.05) is 11.6 Å². The Labute approximate surface area is 101 Å². The lowest BCUT2D eigenvalue weighted by molar-refractivity contribution is 1.15. The highest BCUT2D eigenvalue weighted by Crippen LogP contribution is 2.26. The second-order valence-corrected chi connectivity index (χ2v) is 4.13. The molecule has 0 aliphatic rings. The molecule has 3 heteroatoms. The highest BCUT2D eigenvalue weighted by atomic mass is 35.5. The fourth-order valence-electron chi connectivity index (χ4n) is 1.61. The zero-order valence-corrected chi connectivity index (χ0v) is 10.1. The number of aromatic nitrogens is 1. The van der Waals surface area contributed by atoms with Crippen LogP contribution in [0.3, 0.4) is 0 Å². The quantitative estimate of drug-likeness (QED) is 0.783. The first kappa shape index (κ1) is 11.0. The summed E-state index contributed by atoms with van der Waals surface area (Å²) in [6.07, 6.45) is 3.67. The lowest BCUT2D eigenvalue weighted by atomic mass is 10.2. The molecular weight excluding hydrogens is 220 g/mol. The minimum Gasteiger partial charge on any atom is -0.343 e. The van der Waals surface area contributed by atoms with Crippen molar-refractivity contribution in [2.75, 3.05) is 11.9 Å². The minimum absolute atomic E-state index is 0.750. The molecule has 16 heavy (non-hydrogen) atoms. The maximum atomic E-state index is 5.86. The van der Waals surface area contributed by atoms with Crippen LogP contribution in [-0.2, 0) is 0 Å². The van der Waals surface area contributed by atoms with Crippen molar-refractivity contribution in [3.63, 3.8) is 0 Å². The third kappa shape index (κ3) is 2.17. The summed E-state index contributed by atoms with van der Waals surface area (Å²) >= 11 is 5.86. The Morgan fingerprint density at radius 1 is 1.12 bits per heavy atom. The lowest BCUT2D eigenvalue weighted by Crippen LogP contribution is -2.10. The monoisotopic (exact) mass is 232 g/mol. The SMILES string of the molecule is Cc1ccncc1N(C)c1ccc(Cl)cc1. The van der Waals surface area contributed by atoms with Gasteiger partial charge in [-0.3, -0.25) is 4.98 Å². The average Bonchev–Trinajstić information content (AvgIpc) is 2.30. The van der Waals surface area contributed by atoms with Crippen molar-refractivity contribution >= 4 is 23.0 Å². The Morgan fingerprint density at radius 3 is 2.44 bits per heavy atom. The fraction of sp³-hybridized carbons (Fsp3) is 0.154. The third-order valence-electron chi connectivity index (χ3n) is 2.59. The van der Waals surface area contributed by atoms with Crippen LogP contribution in [0.4, 0.5) is 11.4 Å². The summed E-state index contributed by atoms with van der Waals surface area (Å²) in [5.74, 6) is 0. The zero-order valence-electron chi connectivity index (χ0n) is 9.31. The van der Waals surface area contributed by atoms with Crippen molar-refractivity contribution in [2.45, 2.75) is 6.92 Å². The van der Waals surface area contributed by atoms with Crippen LogP contribution < -0.4 is 4.90 Å². The lowest BCUT2D eigenvalue weighted by Gasteiger charge is -2.20. The molecule has 1 heterocycles. The molecule has 0 saturated carbocycles. The van der Waals surface area contributed by atoms with E-state index in [0.29, 0.717) is 0 Å². The van der Waals surface area contributed by atoms with E-state index in [9.17, 15) is 0 Å². The number of nitrogens with zero attached hydrogens (tertiary/aromatic N) is 2. The molecule has 1 aromatic heterocycles. The van der Waals surface area contributed by atoms with E-state index in [2.05, 4.69) is 16.8 Å². The van der Waals surface area contributed by atoms with Crippen molar-refractivity contribution in [2.24, 2.45) is 0 Å². The minimum atomic E-state index is 0.750. The Bertz CT molecular complexity index is 480. The van der Waals surface area contributed by atoms with Crippen LogP contribution in [0.5, 0.6) is 0 Å². The second-order valence-electron chi connectivity index (χ2n) is 3.70. The molecule has 0 fully saturated rings. The van der Waals surface area contributed by atoms with E-state index in [1.54, 1.807) is 6.20 Å². The molecule has 2 aromatic rings. The fourth-order valence-corrected chi connectivity index (χ4v) is 1.74. The Balaban J connectivity index is 2.35. The van der Waals surface area contributed by atoms with Gasteiger partial charge < -0.3 is 4.90 Å². The summed E-state index contributed by atoms with van der Waals surface area (Å²) in [6.45, 7) is 2.07. The van der Waals surface area contributed by atoms with Crippen molar-refractivity contribution in [3.05, 3.63) is 53.3 Å². The zero-order chi connectivity index (χ0) is 11.5. The largest absolute Gasteiger partial charge is 0.343 e. The number of hydrogen-bond acceptors (Lipinski definition) is 2. The van der Waals surface area contributed by atoms with E-state index in [1.165, 1.54) is 5.56 Å². The molecule has 0 radical (unpaired) electrons. The molecule has 0 bridgehead atoms. The van der Waals surface area contributed by atoms with E-state index in [1.807, 2.05) is 43.6 Å². The number of hydrogen-bond donors (Lipinski definition) is 0. The van der Waals surface area contributed by atoms with Crippen LogP contribution in [0.1, 0.15) is 5.56 Å². The predicted molar refractivity (Wildman–Crippen MR) is 68.5 cm³/mol. The van der Waals surface area contributed by atoms with Gasteiger partial charge in [0.2, 0.25) is 0 Å². The molecule has 0 atom stereocenters. The number of rotatable bonds is 2. The molecule has 0 spiro atoms. The van der Waals surface area contributed by atoms with Gasteiger partial charge in [0.15, 0.2) is 0 Å². The summed E-state index contributed by atoms with van der Waals surface area (Å²) in [4.78, 5) is 6.24. The topological polar surface area (TPSA) is 16.1 Å². The standard InChI is InChI=1S/C13H13ClN2/c1-10-7-8-15-9-13(10)16(2)12-5-3-11(14)4-6-12/h3-9H,1-2H3. The Kier molecular flexibility index (Phi) is 3.11. The maximum Gasteiger partial charge on any atom is 0.0624 e. The van der Waals surface area contributed by atoms with Crippen molar-refractivity contribution in [1.29, 1.82) is 0 Å². The van der Waals surface area contributed by atoms with Gasteiger partial charge in [-0.2, -0.15) is 0 Å². The van der Waals surface area contributed by atoms with Gasteiger partial charge in [0.05, 0.1) is 11.9 Å². The number of anilines is 2. The van der Waals surface area contributed by atoms with E-state index in [0.717, 1.165) is 16.4 Å². The van der Waals surface area contributed by atoms with Crippen molar-refractivity contribution < 1.29 is 0 Å².